The average Bonchev–Trinajstić information content (AvgIpc) is 2.97. The fraction of sp³-hybridized carbons (Fsp3) is 0.357. The summed E-state index contributed by atoms with van der Waals surface area (Å²) in [5.41, 5.74) is 5.99. The van der Waals surface area contributed by atoms with Gasteiger partial charge in [0.1, 0.15) is 11.9 Å². The van der Waals surface area contributed by atoms with Crippen LogP contribution >= 0.6 is 0 Å². The van der Waals surface area contributed by atoms with Gasteiger partial charge in [0.25, 0.3) is 0 Å². The Balaban J connectivity index is 1.73. The number of hydrogen-bond acceptors (Lipinski definition) is 6. The van der Waals surface area contributed by atoms with Crippen molar-refractivity contribution in [3.63, 3.8) is 0 Å². The van der Waals surface area contributed by atoms with Gasteiger partial charge < -0.3 is 14.9 Å². The standard InChI is InChI=1S/C14H15FN4O3/c15-10-3-1-9(2-4-10)14-18-17-12(22-14)7-19-5-6-21-8-11(19)13(16)20/h1-4,11H,5-8H2,(H2,16,20). The van der Waals surface area contributed by atoms with E-state index >= 15 is 0 Å². The first-order chi connectivity index (χ1) is 10.6. The van der Waals surface area contributed by atoms with Gasteiger partial charge in [-0.2, -0.15) is 0 Å². The van der Waals surface area contributed by atoms with Gasteiger partial charge in [-0.1, -0.05) is 0 Å². The molecule has 116 valence electrons. The number of amides is 1. The quantitative estimate of drug-likeness (QED) is 0.887. The zero-order chi connectivity index (χ0) is 15.5. The van der Waals surface area contributed by atoms with Gasteiger partial charge in [0.2, 0.25) is 17.7 Å². The maximum Gasteiger partial charge on any atom is 0.247 e. The van der Waals surface area contributed by atoms with E-state index < -0.39 is 11.9 Å². The average molecular weight is 306 g/mol. The molecule has 1 unspecified atom stereocenters. The highest BCUT2D eigenvalue weighted by molar-refractivity contribution is 5.80. The molecular formula is C14H15FN4O3. The molecule has 1 atom stereocenters. The van der Waals surface area contributed by atoms with Crippen LogP contribution in [0.1, 0.15) is 5.89 Å². The normalized spacial score (nSPS) is 19.2. The van der Waals surface area contributed by atoms with E-state index in [0.717, 1.165) is 0 Å². The molecule has 1 aromatic heterocycles. The molecule has 1 aliphatic rings. The van der Waals surface area contributed by atoms with E-state index in [1.807, 2.05) is 4.90 Å². The smallest absolute Gasteiger partial charge is 0.247 e. The highest BCUT2D eigenvalue weighted by Crippen LogP contribution is 2.19. The SMILES string of the molecule is NC(=O)C1COCCN1Cc1nnc(-c2ccc(F)cc2)o1. The van der Waals surface area contributed by atoms with E-state index in [1.54, 1.807) is 12.1 Å². The number of nitrogens with zero attached hydrogens (tertiary/aromatic N) is 3. The Morgan fingerprint density at radius 1 is 1.36 bits per heavy atom. The van der Waals surface area contributed by atoms with Crippen LogP contribution in [-0.4, -0.2) is 46.8 Å². The van der Waals surface area contributed by atoms with E-state index in [9.17, 15) is 9.18 Å². The molecule has 1 aromatic carbocycles. The predicted molar refractivity (Wildman–Crippen MR) is 73.9 cm³/mol. The molecule has 3 rings (SSSR count). The maximum absolute atomic E-state index is 12.9. The molecule has 8 heteroatoms. The van der Waals surface area contributed by atoms with Crippen LogP contribution in [0.4, 0.5) is 4.39 Å². The Morgan fingerprint density at radius 2 is 2.14 bits per heavy atom. The van der Waals surface area contributed by atoms with Crippen molar-refractivity contribution < 1.29 is 18.3 Å². The first kappa shape index (κ1) is 14.6. The van der Waals surface area contributed by atoms with Crippen LogP contribution < -0.4 is 5.73 Å². The van der Waals surface area contributed by atoms with E-state index in [1.165, 1.54) is 12.1 Å². The summed E-state index contributed by atoms with van der Waals surface area (Å²) in [7, 11) is 0. The lowest BCUT2D eigenvalue weighted by atomic mass is 10.2. The summed E-state index contributed by atoms with van der Waals surface area (Å²) in [5.74, 6) is -0.106. The van der Waals surface area contributed by atoms with Crippen LogP contribution in [0.15, 0.2) is 28.7 Å². The Kier molecular flexibility index (Phi) is 4.12. The summed E-state index contributed by atoms with van der Waals surface area (Å²) < 4.78 is 23.7. The van der Waals surface area contributed by atoms with Crippen molar-refractivity contribution in [3.05, 3.63) is 36.0 Å². The molecule has 0 bridgehead atoms. The van der Waals surface area contributed by atoms with E-state index in [-0.39, 0.29) is 12.4 Å². The zero-order valence-corrected chi connectivity index (χ0v) is 11.7. The van der Waals surface area contributed by atoms with Gasteiger partial charge in [-0.15, -0.1) is 10.2 Å². The summed E-state index contributed by atoms with van der Waals surface area (Å²) in [5, 5.41) is 7.90. The number of rotatable bonds is 4. The minimum atomic E-state index is -0.505. The van der Waals surface area contributed by atoms with Crippen LogP contribution in [0.25, 0.3) is 11.5 Å². The molecular weight excluding hydrogens is 291 g/mol. The number of halogens is 1. The number of carbonyl (C=O) groups is 1. The molecule has 1 aliphatic heterocycles. The molecule has 2 N–H and O–H groups in total. The minimum Gasteiger partial charge on any atom is -0.419 e. The first-order valence-electron chi connectivity index (χ1n) is 6.83. The number of nitrogens with two attached hydrogens (primary N) is 1. The van der Waals surface area contributed by atoms with Crippen molar-refractivity contribution in [1.29, 1.82) is 0 Å². The summed E-state index contributed by atoms with van der Waals surface area (Å²) in [6, 6.07) is 5.27. The first-order valence-corrected chi connectivity index (χ1v) is 6.83. The van der Waals surface area contributed by atoms with Gasteiger partial charge in [-0.25, -0.2) is 4.39 Å². The lowest BCUT2D eigenvalue weighted by molar-refractivity contribution is -0.129. The Morgan fingerprint density at radius 3 is 2.86 bits per heavy atom. The summed E-state index contributed by atoms with van der Waals surface area (Å²) in [6.45, 7) is 1.64. The van der Waals surface area contributed by atoms with Crippen LogP contribution in [-0.2, 0) is 16.1 Å². The third-order valence-corrected chi connectivity index (χ3v) is 3.46. The second-order valence-corrected chi connectivity index (χ2v) is 4.97. The predicted octanol–water partition coefficient (Wildman–Crippen LogP) is 0.562. The minimum absolute atomic E-state index is 0.258. The topological polar surface area (TPSA) is 94.5 Å². The largest absolute Gasteiger partial charge is 0.419 e. The number of primary amides is 1. The number of morpholine rings is 1. The number of ether oxygens (including phenoxy) is 1. The van der Waals surface area contributed by atoms with Crippen LogP contribution in [0, 0.1) is 5.82 Å². The van der Waals surface area contributed by atoms with Crippen molar-refractivity contribution in [2.24, 2.45) is 5.73 Å². The molecule has 0 radical (unpaired) electrons. The molecule has 0 saturated carbocycles. The third kappa shape index (κ3) is 3.12. The van der Waals surface area contributed by atoms with Crippen LogP contribution in [0.3, 0.4) is 0 Å². The second kappa shape index (κ2) is 6.20. The maximum atomic E-state index is 12.9. The summed E-state index contributed by atoms with van der Waals surface area (Å²) >= 11 is 0. The lowest BCUT2D eigenvalue weighted by Gasteiger charge is -2.32. The number of benzene rings is 1. The van der Waals surface area contributed by atoms with Gasteiger partial charge in [-0.3, -0.25) is 9.69 Å². The van der Waals surface area contributed by atoms with Crippen molar-refractivity contribution in [2.75, 3.05) is 19.8 Å². The molecule has 1 fully saturated rings. The summed E-state index contributed by atoms with van der Waals surface area (Å²) in [4.78, 5) is 13.3. The monoisotopic (exact) mass is 306 g/mol. The van der Waals surface area contributed by atoms with Gasteiger partial charge in [-0.05, 0) is 24.3 Å². The Bertz CT molecular complexity index is 658. The molecule has 2 aromatic rings. The van der Waals surface area contributed by atoms with Crippen molar-refractivity contribution >= 4 is 5.91 Å². The molecule has 0 spiro atoms. The Labute approximate surface area is 125 Å². The number of aromatic nitrogens is 2. The van der Waals surface area contributed by atoms with Crippen molar-refractivity contribution in [3.8, 4) is 11.5 Å². The Hall–Kier alpha value is -2.32. The third-order valence-electron chi connectivity index (χ3n) is 3.46. The highest BCUT2D eigenvalue weighted by Gasteiger charge is 2.29. The fourth-order valence-corrected chi connectivity index (χ4v) is 2.29. The molecule has 1 saturated heterocycles. The fourth-order valence-electron chi connectivity index (χ4n) is 2.29. The van der Waals surface area contributed by atoms with Gasteiger partial charge in [0, 0.05) is 12.1 Å². The molecule has 22 heavy (non-hydrogen) atoms. The van der Waals surface area contributed by atoms with Crippen molar-refractivity contribution in [1.82, 2.24) is 15.1 Å². The number of hydrogen-bond donors (Lipinski definition) is 1. The molecule has 1 amide bonds. The van der Waals surface area contributed by atoms with E-state index in [2.05, 4.69) is 10.2 Å². The van der Waals surface area contributed by atoms with Crippen LogP contribution in [0.2, 0.25) is 0 Å². The molecule has 0 aliphatic carbocycles. The lowest BCUT2D eigenvalue weighted by Crippen LogP contribution is -2.51. The second-order valence-electron chi connectivity index (χ2n) is 4.97. The van der Waals surface area contributed by atoms with Gasteiger partial charge >= 0.3 is 0 Å². The highest BCUT2D eigenvalue weighted by atomic mass is 19.1. The van der Waals surface area contributed by atoms with E-state index in [0.29, 0.717) is 37.0 Å². The molecule has 7 nitrogen and oxygen atoms in total. The van der Waals surface area contributed by atoms with Crippen molar-refractivity contribution in [2.45, 2.75) is 12.6 Å². The van der Waals surface area contributed by atoms with Gasteiger partial charge in [0.15, 0.2) is 0 Å². The van der Waals surface area contributed by atoms with E-state index in [4.69, 9.17) is 14.9 Å². The number of carbonyl (C=O) groups excluding carboxylic acids is 1. The molecule has 2 heterocycles. The zero-order valence-electron chi connectivity index (χ0n) is 11.7. The van der Waals surface area contributed by atoms with Gasteiger partial charge in [0.05, 0.1) is 19.8 Å². The summed E-state index contributed by atoms with van der Waals surface area (Å²) in [6.07, 6.45) is 0. The van der Waals surface area contributed by atoms with Crippen LogP contribution in [0.5, 0.6) is 0 Å².